The molecule has 11 heteroatoms. The van der Waals surface area contributed by atoms with E-state index in [0.717, 1.165) is 34.2 Å². The minimum Gasteiger partial charge on any atom is -0.454 e. The summed E-state index contributed by atoms with van der Waals surface area (Å²) >= 11 is 0. The van der Waals surface area contributed by atoms with Crippen molar-refractivity contribution in [2.24, 2.45) is 0 Å². The first-order valence-corrected chi connectivity index (χ1v) is 13.2. The molecule has 10 nitrogen and oxygen atoms in total. The third-order valence-corrected chi connectivity index (χ3v) is 8.67. The number of piperidine rings is 1. The lowest BCUT2D eigenvalue weighted by atomic mass is 9.97. The summed E-state index contributed by atoms with van der Waals surface area (Å²) in [6.45, 7) is 4.53. The average molecular weight is 508 g/mol. The number of fused-ring (bicyclic) bond motifs is 1. The molecule has 0 saturated carbocycles. The van der Waals surface area contributed by atoms with E-state index in [1.54, 1.807) is 6.92 Å². The molecule has 1 N–H and O–H groups in total. The molecule has 36 heavy (non-hydrogen) atoms. The van der Waals surface area contributed by atoms with Crippen LogP contribution >= 0.6 is 0 Å². The molecule has 5 heterocycles. The number of aromatic amines is 1. The molecule has 0 radical (unpaired) electrons. The van der Waals surface area contributed by atoms with E-state index < -0.39 is 10.0 Å². The third-order valence-electron chi connectivity index (χ3n) is 6.68. The van der Waals surface area contributed by atoms with Gasteiger partial charge in [0, 0.05) is 30.3 Å². The number of hydrogen-bond acceptors (Lipinski definition) is 8. The lowest BCUT2D eigenvalue weighted by molar-refractivity contribution is 0.174. The van der Waals surface area contributed by atoms with Gasteiger partial charge in [-0.1, -0.05) is 11.2 Å². The van der Waals surface area contributed by atoms with Crippen molar-refractivity contribution in [3.05, 3.63) is 59.9 Å². The van der Waals surface area contributed by atoms with E-state index in [0.29, 0.717) is 43.2 Å². The fourth-order valence-electron chi connectivity index (χ4n) is 4.75. The van der Waals surface area contributed by atoms with Gasteiger partial charge in [-0.15, -0.1) is 0 Å². The second kappa shape index (κ2) is 8.75. The number of sulfonamides is 1. The smallest absolute Gasteiger partial charge is 0.248 e. The van der Waals surface area contributed by atoms with Crippen LogP contribution in [0, 0.1) is 13.8 Å². The first kappa shape index (κ1) is 22.7. The number of pyridine rings is 1. The number of nitrogens with zero attached hydrogens (tertiary/aromatic N) is 4. The normalized spacial score (nSPS) is 16.5. The van der Waals surface area contributed by atoms with Crippen LogP contribution < -0.4 is 9.47 Å². The van der Waals surface area contributed by atoms with Crippen LogP contribution in [-0.4, -0.2) is 52.7 Å². The van der Waals surface area contributed by atoms with E-state index in [4.69, 9.17) is 24.0 Å². The Hall–Kier alpha value is -3.70. The van der Waals surface area contributed by atoms with Crippen LogP contribution in [0.4, 0.5) is 0 Å². The van der Waals surface area contributed by atoms with Gasteiger partial charge in [0.1, 0.15) is 10.7 Å². The zero-order valence-electron chi connectivity index (χ0n) is 19.9. The highest BCUT2D eigenvalue weighted by molar-refractivity contribution is 7.89. The Morgan fingerprint density at radius 2 is 1.83 bits per heavy atom. The molecule has 0 amide bonds. The van der Waals surface area contributed by atoms with Gasteiger partial charge >= 0.3 is 0 Å². The monoisotopic (exact) mass is 507 g/mol. The largest absolute Gasteiger partial charge is 0.454 e. The van der Waals surface area contributed by atoms with Gasteiger partial charge in [-0.25, -0.2) is 13.4 Å². The number of imidazole rings is 1. The van der Waals surface area contributed by atoms with Crippen molar-refractivity contribution in [1.29, 1.82) is 0 Å². The molecule has 1 fully saturated rings. The highest BCUT2D eigenvalue weighted by atomic mass is 32.2. The van der Waals surface area contributed by atoms with Gasteiger partial charge in [0.2, 0.25) is 16.8 Å². The molecule has 3 aromatic heterocycles. The van der Waals surface area contributed by atoms with Gasteiger partial charge in [0.05, 0.1) is 23.3 Å². The van der Waals surface area contributed by atoms with Gasteiger partial charge in [-0.3, -0.25) is 4.98 Å². The molecule has 0 bridgehead atoms. The van der Waals surface area contributed by atoms with Crippen LogP contribution in [0.3, 0.4) is 0 Å². The van der Waals surface area contributed by atoms with Crippen LogP contribution in [0.15, 0.2) is 52.0 Å². The maximum atomic E-state index is 13.0. The molecule has 2 aliphatic rings. The van der Waals surface area contributed by atoms with Crippen molar-refractivity contribution in [3.8, 4) is 34.1 Å². The molecule has 0 aliphatic carbocycles. The summed E-state index contributed by atoms with van der Waals surface area (Å²) in [6, 6.07) is 11.7. The fourth-order valence-corrected chi connectivity index (χ4v) is 6.30. The van der Waals surface area contributed by atoms with Gasteiger partial charge < -0.3 is 19.0 Å². The van der Waals surface area contributed by atoms with E-state index in [2.05, 4.69) is 10.1 Å². The van der Waals surface area contributed by atoms with Crippen molar-refractivity contribution in [1.82, 2.24) is 24.4 Å². The Balaban J connectivity index is 1.31. The molecule has 4 aromatic rings. The van der Waals surface area contributed by atoms with E-state index in [9.17, 15) is 8.42 Å². The Bertz CT molecular complexity index is 1540. The molecular formula is C25H25N5O5S. The number of rotatable bonds is 5. The highest BCUT2D eigenvalue weighted by Gasteiger charge is 2.34. The number of aromatic nitrogens is 4. The number of H-pyrrole nitrogens is 1. The number of ether oxygens (including phenoxy) is 2. The maximum absolute atomic E-state index is 13.0. The van der Waals surface area contributed by atoms with Gasteiger partial charge in [0.15, 0.2) is 17.3 Å². The van der Waals surface area contributed by atoms with Crippen molar-refractivity contribution >= 4 is 10.0 Å². The van der Waals surface area contributed by atoms with Crippen LogP contribution in [-0.2, 0) is 10.0 Å². The SMILES string of the molecule is Cc1cccc(-c2[nH]c(C3CCN(S(=O)(=O)c4cnoc4C)CC3)nc2-c2ccc3c(c2)OCO3)n1. The molecule has 186 valence electrons. The summed E-state index contributed by atoms with van der Waals surface area (Å²) < 4.78 is 43.6. The minimum absolute atomic E-state index is 0.0753. The van der Waals surface area contributed by atoms with Crippen molar-refractivity contribution < 1.29 is 22.4 Å². The molecule has 2 aliphatic heterocycles. The lowest BCUT2D eigenvalue weighted by Crippen LogP contribution is -2.38. The Labute approximate surface area is 208 Å². The minimum atomic E-state index is -3.64. The number of benzene rings is 1. The molecule has 0 unspecified atom stereocenters. The van der Waals surface area contributed by atoms with Crippen LogP contribution in [0.1, 0.15) is 36.0 Å². The summed E-state index contributed by atoms with van der Waals surface area (Å²) in [4.78, 5) is 13.3. The lowest BCUT2D eigenvalue weighted by Gasteiger charge is -2.30. The molecule has 1 aromatic carbocycles. The van der Waals surface area contributed by atoms with Gasteiger partial charge in [-0.2, -0.15) is 4.31 Å². The summed E-state index contributed by atoms with van der Waals surface area (Å²) in [5.74, 6) is 2.58. The first-order chi connectivity index (χ1) is 17.4. The molecule has 6 rings (SSSR count). The number of nitrogens with one attached hydrogen (secondary N) is 1. The predicted octanol–water partition coefficient (Wildman–Crippen LogP) is 4.04. The summed E-state index contributed by atoms with van der Waals surface area (Å²) in [7, 11) is -3.64. The summed E-state index contributed by atoms with van der Waals surface area (Å²) in [5.41, 5.74) is 4.19. The van der Waals surface area contributed by atoms with E-state index >= 15 is 0 Å². The number of hydrogen-bond donors (Lipinski definition) is 1. The Morgan fingerprint density at radius 1 is 1.03 bits per heavy atom. The zero-order chi connectivity index (χ0) is 24.9. The summed E-state index contributed by atoms with van der Waals surface area (Å²) in [5, 5.41) is 3.62. The third kappa shape index (κ3) is 3.94. The first-order valence-electron chi connectivity index (χ1n) is 11.8. The van der Waals surface area contributed by atoms with E-state index in [1.807, 2.05) is 43.3 Å². The van der Waals surface area contributed by atoms with Crippen LogP contribution in [0.2, 0.25) is 0 Å². The van der Waals surface area contributed by atoms with Crippen molar-refractivity contribution in [2.45, 2.75) is 37.5 Å². The Morgan fingerprint density at radius 3 is 2.58 bits per heavy atom. The van der Waals surface area contributed by atoms with E-state index in [1.165, 1.54) is 10.5 Å². The molecule has 0 atom stereocenters. The molecular weight excluding hydrogens is 482 g/mol. The second-order valence-corrected chi connectivity index (χ2v) is 10.9. The van der Waals surface area contributed by atoms with E-state index in [-0.39, 0.29) is 17.6 Å². The zero-order valence-corrected chi connectivity index (χ0v) is 20.7. The average Bonchev–Trinajstić information content (AvgIpc) is 3.63. The topological polar surface area (TPSA) is 123 Å². The molecule has 0 spiro atoms. The maximum Gasteiger partial charge on any atom is 0.248 e. The van der Waals surface area contributed by atoms with Crippen LogP contribution in [0.5, 0.6) is 11.5 Å². The molecule has 1 saturated heterocycles. The quantitative estimate of drug-likeness (QED) is 0.429. The van der Waals surface area contributed by atoms with Gasteiger partial charge in [-0.05, 0) is 57.0 Å². The van der Waals surface area contributed by atoms with Crippen molar-refractivity contribution in [3.63, 3.8) is 0 Å². The summed E-state index contributed by atoms with van der Waals surface area (Å²) in [6.07, 6.45) is 2.54. The Kier molecular flexibility index (Phi) is 5.53. The van der Waals surface area contributed by atoms with Crippen LogP contribution in [0.25, 0.3) is 22.6 Å². The number of aryl methyl sites for hydroxylation is 2. The fraction of sp³-hybridized carbons (Fsp3) is 0.320. The second-order valence-electron chi connectivity index (χ2n) is 9.00. The predicted molar refractivity (Wildman–Crippen MR) is 130 cm³/mol. The highest BCUT2D eigenvalue weighted by Crippen LogP contribution is 2.40. The van der Waals surface area contributed by atoms with Gasteiger partial charge in [0.25, 0.3) is 0 Å². The van der Waals surface area contributed by atoms with Crippen molar-refractivity contribution in [2.75, 3.05) is 19.9 Å². The standard InChI is InChI=1S/C25H25N5O5S/c1-15-4-3-5-19(27-15)24-23(18-6-7-20-21(12-18)34-14-33-20)28-25(29-24)17-8-10-30(11-9-17)36(31,32)22-13-26-35-16(22)2/h3-7,12-13,17H,8-11,14H2,1-2H3,(H,28,29).